The average Bonchev–Trinajstić information content (AvgIpc) is 3.38. The van der Waals surface area contributed by atoms with Crippen LogP contribution in [0.3, 0.4) is 0 Å². The van der Waals surface area contributed by atoms with Crippen molar-refractivity contribution in [2.75, 3.05) is 6.54 Å². The first-order valence-electron chi connectivity index (χ1n) is 10.4. The molecule has 1 saturated carbocycles. The number of hydrogen-bond acceptors (Lipinski definition) is 3. The number of fused-ring (bicyclic) bond motifs is 2. The number of nitrogens with one attached hydrogen (secondary N) is 2. The Morgan fingerprint density at radius 2 is 2.21 bits per heavy atom. The average molecular weight is 395 g/mol. The zero-order valence-corrected chi connectivity index (χ0v) is 16.6. The van der Waals surface area contributed by atoms with E-state index in [-0.39, 0.29) is 17.8 Å². The van der Waals surface area contributed by atoms with E-state index in [1.807, 2.05) is 19.4 Å². The van der Waals surface area contributed by atoms with Crippen molar-refractivity contribution in [2.45, 2.75) is 57.8 Å². The van der Waals surface area contributed by atoms with Crippen molar-refractivity contribution >= 4 is 16.8 Å². The van der Waals surface area contributed by atoms with Gasteiger partial charge in [0.25, 0.3) is 5.91 Å². The number of H-pyrrole nitrogens is 1. The molecule has 2 N–H and O–H groups in total. The van der Waals surface area contributed by atoms with E-state index in [0.717, 1.165) is 50.9 Å². The molecule has 2 aromatic heterocycles. The Hall–Kier alpha value is -2.67. The quantitative estimate of drug-likeness (QED) is 0.715. The van der Waals surface area contributed by atoms with Crippen LogP contribution in [0.4, 0.5) is 4.39 Å². The van der Waals surface area contributed by atoms with Crippen molar-refractivity contribution in [3.8, 4) is 0 Å². The molecule has 152 valence electrons. The van der Waals surface area contributed by atoms with Crippen LogP contribution >= 0.6 is 0 Å². The zero-order valence-electron chi connectivity index (χ0n) is 16.6. The van der Waals surface area contributed by atoms with Gasteiger partial charge < -0.3 is 14.9 Å². The van der Waals surface area contributed by atoms with Gasteiger partial charge in [0.2, 0.25) is 0 Å². The van der Waals surface area contributed by atoms with E-state index in [9.17, 15) is 9.18 Å². The Bertz CT molecular complexity index is 1020. The number of rotatable bonds is 3. The highest BCUT2D eigenvalue weighted by atomic mass is 19.1. The highest BCUT2D eigenvalue weighted by Crippen LogP contribution is 2.27. The molecular formula is C22H26FN5O. The maximum absolute atomic E-state index is 14.1. The highest BCUT2D eigenvalue weighted by Gasteiger charge is 2.30. The Balaban J connectivity index is 1.26. The van der Waals surface area contributed by atoms with Crippen molar-refractivity contribution in [3.05, 3.63) is 53.5 Å². The third-order valence-electron chi connectivity index (χ3n) is 6.48. The van der Waals surface area contributed by atoms with Crippen molar-refractivity contribution in [1.82, 2.24) is 24.8 Å². The molecule has 0 radical (unpaired) electrons. The molecule has 6 nitrogen and oxygen atoms in total. The lowest BCUT2D eigenvalue weighted by atomic mass is 9.89. The smallest absolute Gasteiger partial charge is 0.267 e. The minimum absolute atomic E-state index is 0.144. The van der Waals surface area contributed by atoms with Gasteiger partial charge >= 0.3 is 0 Å². The summed E-state index contributed by atoms with van der Waals surface area (Å²) >= 11 is 0. The molecule has 1 amide bonds. The molecule has 7 heteroatoms. The molecule has 3 aromatic rings. The molecule has 2 aliphatic rings. The van der Waals surface area contributed by atoms with Crippen LogP contribution in [-0.4, -0.2) is 44.0 Å². The molecule has 0 unspecified atom stereocenters. The lowest BCUT2D eigenvalue weighted by Crippen LogP contribution is -2.48. The topological polar surface area (TPSA) is 66.0 Å². The summed E-state index contributed by atoms with van der Waals surface area (Å²) in [7, 11) is 0. The number of imidazole rings is 1. The number of aryl methyl sites for hydroxylation is 1. The number of benzene rings is 1. The summed E-state index contributed by atoms with van der Waals surface area (Å²) in [5.41, 5.74) is 3.32. The Morgan fingerprint density at radius 3 is 3.07 bits per heavy atom. The molecular weight excluding hydrogens is 369 g/mol. The zero-order chi connectivity index (χ0) is 20.0. The summed E-state index contributed by atoms with van der Waals surface area (Å²) in [6.07, 6.45) is 8.06. The maximum Gasteiger partial charge on any atom is 0.267 e. The van der Waals surface area contributed by atoms with E-state index in [2.05, 4.69) is 24.8 Å². The number of nitrogens with zero attached hydrogens (tertiary/aromatic N) is 3. The number of halogens is 1. The SMILES string of the molecule is Cc1ccc(F)c2cc(C(=O)N[C@@H]3CCC[C@H](N4CCn5cncc5C4)C3)[nH]c12. The van der Waals surface area contributed by atoms with Gasteiger partial charge in [-0.1, -0.05) is 6.07 Å². The van der Waals surface area contributed by atoms with Gasteiger partial charge in [-0.05, 0) is 50.3 Å². The van der Waals surface area contributed by atoms with Gasteiger partial charge in [0, 0.05) is 43.3 Å². The van der Waals surface area contributed by atoms with Gasteiger partial charge in [-0.25, -0.2) is 9.37 Å². The fraction of sp³-hybridized carbons (Fsp3) is 0.455. The molecule has 0 bridgehead atoms. The first-order valence-corrected chi connectivity index (χ1v) is 10.4. The summed E-state index contributed by atoms with van der Waals surface area (Å²) in [5, 5.41) is 3.66. The van der Waals surface area contributed by atoms with Gasteiger partial charge in [-0.15, -0.1) is 0 Å². The van der Waals surface area contributed by atoms with E-state index >= 15 is 0 Å². The molecule has 0 spiro atoms. The number of carbonyl (C=O) groups excluding carboxylic acids is 1. The molecule has 0 saturated heterocycles. The van der Waals surface area contributed by atoms with Crippen molar-refractivity contribution in [1.29, 1.82) is 0 Å². The van der Waals surface area contributed by atoms with Crippen molar-refractivity contribution in [3.63, 3.8) is 0 Å². The van der Waals surface area contributed by atoms with E-state index < -0.39 is 0 Å². The van der Waals surface area contributed by atoms with Crippen LogP contribution < -0.4 is 5.32 Å². The minimum atomic E-state index is -0.303. The fourth-order valence-corrected chi connectivity index (χ4v) is 4.85. The Labute approximate surface area is 169 Å². The minimum Gasteiger partial charge on any atom is -0.350 e. The van der Waals surface area contributed by atoms with Gasteiger partial charge in [-0.3, -0.25) is 9.69 Å². The third kappa shape index (κ3) is 3.44. The largest absolute Gasteiger partial charge is 0.350 e. The van der Waals surface area contributed by atoms with Crippen LogP contribution in [0.5, 0.6) is 0 Å². The van der Waals surface area contributed by atoms with E-state index in [1.54, 1.807) is 12.1 Å². The van der Waals surface area contributed by atoms with E-state index in [4.69, 9.17) is 0 Å². The lowest BCUT2D eigenvalue weighted by molar-refractivity contribution is 0.0855. The van der Waals surface area contributed by atoms with Crippen LogP contribution in [0.1, 0.15) is 47.4 Å². The molecule has 3 heterocycles. The third-order valence-corrected chi connectivity index (χ3v) is 6.48. The molecule has 2 atom stereocenters. The summed E-state index contributed by atoms with van der Waals surface area (Å²) in [6, 6.07) is 5.42. The van der Waals surface area contributed by atoms with Crippen LogP contribution in [0.15, 0.2) is 30.7 Å². The number of aromatic nitrogens is 3. The van der Waals surface area contributed by atoms with Crippen LogP contribution in [0.25, 0.3) is 10.9 Å². The maximum atomic E-state index is 14.1. The number of amides is 1. The molecule has 29 heavy (non-hydrogen) atoms. The normalized spacial score (nSPS) is 22.6. The molecule has 1 aromatic carbocycles. The summed E-state index contributed by atoms with van der Waals surface area (Å²) in [5.74, 6) is -0.453. The lowest BCUT2D eigenvalue weighted by Gasteiger charge is -2.39. The molecule has 1 fully saturated rings. The summed E-state index contributed by atoms with van der Waals surface area (Å²) in [6.45, 7) is 4.83. The van der Waals surface area contributed by atoms with Gasteiger partial charge in [-0.2, -0.15) is 0 Å². The van der Waals surface area contributed by atoms with Crippen molar-refractivity contribution < 1.29 is 9.18 Å². The molecule has 1 aliphatic carbocycles. The van der Waals surface area contributed by atoms with Gasteiger partial charge in [0.05, 0.1) is 17.5 Å². The van der Waals surface area contributed by atoms with Crippen LogP contribution in [-0.2, 0) is 13.1 Å². The molecule has 1 aliphatic heterocycles. The predicted octanol–water partition coefficient (Wildman–Crippen LogP) is 3.37. The number of carbonyl (C=O) groups is 1. The van der Waals surface area contributed by atoms with E-state index in [1.165, 1.54) is 11.8 Å². The predicted molar refractivity (Wildman–Crippen MR) is 109 cm³/mol. The first kappa shape index (κ1) is 18.4. The van der Waals surface area contributed by atoms with Gasteiger partial charge in [0.15, 0.2) is 0 Å². The summed E-state index contributed by atoms with van der Waals surface area (Å²) in [4.78, 5) is 22.7. The summed E-state index contributed by atoms with van der Waals surface area (Å²) < 4.78 is 16.3. The standard InChI is InChI=1S/C22H26FN5O/c1-14-5-6-19(23)18-10-20(26-21(14)18)22(29)25-15-3-2-4-16(9-15)27-7-8-28-13-24-11-17(28)12-27/h5-6,10-11,13,15-16,26H,2-4,7-9,12H2,1H3,(H,25,29)/t15-,16+/m1/s1. The Kier molecular flexibility index (Phi) is 4.62. The first-order chi connectivity index (χ1) is 14.1. The Morgan fingerprint density at radius 1 is 1.31 bits per heavy atom. The van der Waals surface area contributed by atoms with E-state index in [0.29, 0.717) is 22.6 Å². The number of aromatic amines is 1. The van der Waals surface area contributed by atoms with Crippen molar-refractivity contribution in [2.24, 2.45) is 0 Å². The highest BCUT2D eigenvalue weighted by molar-refractivity contribution is 5.99. The second-order valence-corrected chi connectivity index (χ2v) is 8.38. The monoisotopic (exact) mass is 395 g/mol. The van der Waals surface area contributed by atoms with Crippen LogP contribution in [0.2, 0.25) is 0 Å². The fourth-order valence-electron chi connectivity index (χ4n) is 4.85. The van der Waals surface area contributed by atoms with Crippen LogP contribution in [0, 0.1) is 12.7 Å². The number of hydrogen-bond donors (Lipinski definition) is 2. The van der Waals surface area contributed by atoms with Gasteiger partial charge in [0.1, 0.15) is 11.5 Å². The second-order valence-electron chi connectivity index (χ2n) is 8.38. The molecule has 5 rings (SSSR count). The second kappa shape index (κ2) is 7.30.